The lowest BCUT2D eigenvalue weighted by atomic mass is 10.3. The van der Waals surface area contributed by atoms with Gasteiger partial charge in [-0.15, -0.1) is 0 Å². The molecule has 0 saturated carbocycles. The van der Waals surface area contributed by atoms with Crippen molar-refractivity contribution in [2.24, 2.45) is 5.14 Å². The number of aromatic nitrogens is 1. The van der Waals surface area contributed by atoms with E-state index < -0.39 is 33.0 Å². The Bertz CT molecular complexity index is 398. The summed E-state index contributed by atoms with van der Waals surface area (Å²) in [6.45, 7) is 0. The summed E-state index contributed by atoms with van der Waals surface area (Å²) in [6, 6.07) is 0. The molecule has 0 bridgehead atoms. The van der Waals surface area contributed by atoms with Crippen LogP contribution in [0.1, 0.15) is 5.56 Å². The molecule has 0 fully saturated rings. The third kappa shape index (κ3) is 2.71. The molecule has 13 heavy (non-hydrogen) atoms. The van der Waals surface area contributed by atoms with Gasteiger partial charge in [0.2, 0.25) is 10.0 Å². The molecule has 0 spiro atoms. The average molecular weight is 208 g/mol. The van der Waals surface area contributed by atoms with Crippen LogP contribution in [-0.4, -0.2) is 13.4 Å². The van der Waals surface area contributed by atoms with Crippen molar-refractivity contribution in [3.8, 4) is 0 Å². The van der Waals surface area contributed by atoms with Crippen LogP contribution in [-0.2, 0) is 15.8 Å². The van der Waals surface area contributed by atoms with Gasteiger partial charge in [-0.25, -0.2) is 22.3 Å². The van der Waals surface area contributed by atoms with Crippen molar-refractivity contribution in [3.63, 3.8) is 0 Å². The zero-order chi connectivity index (χ0) is 10.1. The second-order valence-corrected chi connectivity index (χ2v) is 4.00. The van der Waals surface area contributed by atoms with Crippen molar-refractivity contribution >= 4 is 10.0 Å². The van der Waals surface area contributed by atoms with Gasteiger partial charge in [0, 0.05) is 5.56 Å². The minimum absolute atomic E-state index is 0.586. The van der Waals surface area contributed by atoms with Crippen molar-refractivity contribution in [1.29, 1.82) is 0 Å². The van der Waals surface area contributed by atoms with Gasteiger partial charge in [0.15, 0.2) is 0 Å². The number of primary sulfonamides is 1. The van der Waals surface area contributed by atoms with Gasteiger partial charge in [0.25, 0.3) is 0 Å². The predicted octanol–water partition coefficient (Wildman–Crippen LogP) is 0.148. The monoisotopic (exact) mass is 208 g/mol. The molecule has 0 unspecified atom stereocenters. The van der Waals surface area contributed by atoms with Crippen LogP contribution in [0.25, 0.3) is 0 Å². The Morgan fingerprint density at radius 1 is 1.31 bits per heavy atom. The van der Waals surface area contributed by atoms with E-state index in [-0.39, 0.29) is 0 Å². The molecule has 0 saturated heterocycles. The van der Waals surface area contributed by atoms with Gasteiger partial charge in [-0.2, -0.15) is 0 Å². The van der Waals surface area contributed by atoms with Crippen molar-refractivity contribution < 1.29 is 17.2 Å². The van der Waals surface area contributed by atoms with Gasteiger partial charge in [0.1, 0.15) is 11.6 Å². The molecule has 0 aromatic carbocycles. The molecule has 7 heteroatoms. The molecule has 0 radical (unpaired) electrons. The maximum atomic E-state index is 12.8. The van der Waals surface area contributed by atoms with E-state index in [0.717, 1.165) is 12.4 Å². The summed E-state index contributed by atoms with van der Waals surface area (Å²) in [4.78, 5) is 3.19. The fraction of sp³-hybridized carbons (Fsp3) is 0.167. The van der Waals surface area contributed by atoms with Crippen LogP contribution in [0.5, 0.6) is 0 Å². The molecule has 2 N–H and O–H groups in total. The first-order chi connectivity index (χ1) is 5.90. The Morgan fingerprint density at radius 2 is 1.77 bits per heavy atom. The van der Waals surface area contributed by atoms with E-state index in [1.807, 2.05) is 0 Å². The highest BCUT2D eigenvalue weighted by Crippen LogP contribution is 2.12. The molecule has 1 aromatic heterocycles. The number of hydrogen-bond acceptors (Lipinski definition) is 3. The molecule has 0 aliphatic rings. The molecule has 0 amide bonds. The Kier molecular flexibility index (Phi) is 2.58. The van der Waals surface area contributed by atoms with Crippen molar-refractivity contribution in [1.82, 2.24) is 4.98 Å². The SMILES string of the molecule is NS(=O)(=O)Cc1c(F)cncc1F. The summed E-state index contributed by atoms with van der Waals surface area (Å²) in [7, 11) is -3.93. The normalized spacial score (nSPS) is 11.6. The molecular formula is C6H6F2N2O2S. The maximum Gasteiger partial charge on any atom is 0.213 e. The number of rotatable bonds is 2. The molecule has 0 aliphatic carbocycles. The van der Waals surface area contributed by atoms with E-state index in [1.165, 1.54) is 0 Å². The van der Waals surface area contributed by atoms with Gasteiger partial charge < -0.3 is 0 Å². The first-order valence-electron chi connectivity index (χ1n) is 3.18. The Hall–Kier alpha value is -1.08. The molecule has 1 heterocycles. The van der Waals surface area contributed by atoms with Gasteiger partial charge in [-0.3, -0.25) is 4.98 Å². The standard InChI is InChI=1S/C6H6F2N2O2S/c7-5-1-10-2-6(8)4(5)3-13(9,11)12/h1-2H,3H2,(H2,9,11,12). The van der Waals surface area contributed by atoms with E-state index >= 15 is 0 Å². The Balaban J connectivity index is 3.15. The van der Waals surface area contributed by atoms with Crippen LogP contribution in [0.4, 0.5) is 8.78 Å². The predicted molar refractivity (Wildman–Crippen MR) is 41.0 cm³/mol. The maximum absolute atomic E-state index is 12.8. The van der Waals surface area contributed by atoms with Crippen LogP contribution in [0, 0.1) is 11.6 Å². The van der Waals surface area contributed by atoms with E-state index in [1.54, 1.807) is 0 Å². The Labute approximate surface area is 73.4 Å². The molecule has 1 rings (SSSR count). The molecular weight excluding hydrogens is 202 g/mol. The molecule has 0 atom stereocenters. The largest absolute Gasteiger partial charge is 0.259 e. The second kappa shape index (κ2) is 3.35. The van der Waals surface area contributed by atoms with Crippen molar-refractivity contribution in [3.05, 3.63) is 29.6 Å². The second-order valence-electron chi connectivity index (χ2n) is 2.39. The minimum Gasteiger partial charge on any atom is -0.259 e. The first kappa shape index (κ1) is 10.0. The fourth-order valence-electron chi connectivity index (χ4n) is 0.777. The summed E-state index contributed by atoms with van der Waals surface area (Å²) < 4.78 is 46.6. The average Bonchev–Trinajstić information content (AvgIpc) is 1.95. The zero-order valence-corrected chi connectivity index (χ0v) is 7.18. The summed E-state index contributed by atoms with van der Waals surface area (Å²) in [5, 5.41) is 4.62. The summed E-state index contributed by atoms with van der Waals surface area (Å²) in [6.07, 6.45) is 1.45. The van der Waals surface area contributed by atoms with Crippen LogP contribution < -0.4 is 5.14 Å². The quantitative estimate of drug-likeness (QED) is 0.751. The first-order valence-corrected chi connectivity index (χ1v) is 4.90. The zero-order valence-electron chi connectivity index (χ0n) is 6.37. The number of nitrogens with zero attached hydrogens (tertiary/aromatic N) is 1. The molecule has 4 nitrogen and oxygen atoms in total. The third-order valence-electron chi connectivity index (χ3n) is 1.30. The minimum atomic E-state index is -3.93. The Morgan fingerprint density at radius 3 is 2.15 bits per heavy atom. The number of nitrogens with two attached hydrogens (primary N) is 1. The van der Waals surface area contributed by atoms with Gasteiger partial charge in [0.05, 0.1) is 18.1 Å². The lowest BCUT2D eigenvalue weighted by Crippen LogP contribution is -2.16. The van der Waals surface area contributed by atoms with E-state index in [2.05, 4.69) is 10.1 Å². The number of pyridine rings is 1. The summed E-state index contributed by atoms with van der Waals surface area (Å²) in [5.41, 5.74) is -0.586. The number of hydrogen-bond donors (Lipinski definition) is 1. The van der Waals surface area contributed by atoms with Crippen molar-refractivity contribution in [2.75, 3.05) is 0 Å². The smallest absolute Gasteiger partial charge is 0.213 e. The van der Waals surface area contributed by atoms with Gasteiger partial charge in [-0.05, 0) is 0 Å². The van der Waals surface area contributed by atoms with Crippen LogP contribution >= 0.6 is 0 Å². The van der Waals surface area contributed by atoms with E-state index in [4.69, 9.17) is 0 Å². The lowest BCUT2D eigenvalue weighted by molar-refractivity contribution is 0.548. The summed E-state index contributed by atoms with van der Waals surface area (Å²) in [5.74, 6) is -2.91. The lowest BCUT2D eigenvalue weighted by Gasteiger charge is -2.01. The highest BCUT2D eigenvalue weighted by Gasteiger charge is 2.14. The summed E-state index contributed by atoms with van der Waals surface area (Å²) >= 11 is 0. The number of sulfonamides is 1. The highest BCUT2D eigenvalue weighted by molar-refractivity contribution is 7.88. The molecule has 0 aliphatic heterocycles. The van der Waals surface area contributed by atoms with E-state index in [0.29, 0.717) is 0 Å². The van der Waals surface area contributed by atoms with Gasteiger partial charge >= 0.3 is 0 Å². The fourth-order valence-corrected chi connectivity index (χ4v) is 1.46. The van der Waals surface area contributed by atoms with Crippen molar-refractivity contribution in [2.45, 2.75) is 5.75 Å². The van der Waals surface area contributed by atoms with Crippen LogP contribution in [0.2, 0.25) is 0 Å². The van der Waals surface area contributed by atoms with Gasteiger partial charge in [-0.1, -0.05) is 0 Å². The molecule has 72 valence electrons. The molecule has 1 aromatic rings. The number of halogens is 2. The highest BCUT2D eigenvalue weighted by atomic mass is 32.2. The van der Waals surface area contributed by atoms with Crippen LogP contribution in [0.3, 0.4) is 0 Å². The van der Waals surface area contributed by atoms with Crippen LogP contribution in [0.15, 0.2) is 12.4 Å². The topological polar surface area (TPSA) is 73.1 Å². The third-order valence-corrected chi connectivity index (χ3v) is 1.99. The van der Waals surface area contributed by atoms with E-state index in [9.17, 15) is 17.2 Å².